The van der Waals surface area contributed by atoms with E-state index in [1.54, 1.807) is 23.1 Å². The van der Waals surface area contributed by atoms with Crippen LogP contribution in [0.4, 0.5) is 0 Å². The molecule has 5 heteroatoms. The minimum absolute atomic E-state index is 0.319. The molecule has 1 aliphatic carbocycles. The number of benzene rings is 2. The van der Waals surface area contributed by atoms with Gasteiger partial charge in [-0.1, -0.05) is 90.3 Å². The van der Waals surface area contributed by atoms with Crippen LogP contribution in [0.1, 0.15) is 23.3 Å². The standard InChI is InChI=1S/C17H14N2S3/c1-2-20-16-18-19-17(22-16)21-15-13-9-5-3-7-11(13)12-8-4-6-10-14(12)15/h3-10,15H,2H2,1H3. The van der Waals surface area contributed by atoms with Crippen LogP contribution < -0.4 is 0 Å². The molecule has 0 unspecified atom stereocenters. The normalized spacial score (nSPS) is 13.1. The molecule has 0 aliphatic heterocycles. The Balaban J connectivity index is 1.71. The van der Waals surface area contributed by atoms with Crippen LogP contribution in [0.2, 0.25) is 0 Å². The number of thioether (sulfide) groups is 2. The summed E-state index contributed by atoms with van der Waals surface area (Å²) in [4.78, 5) is 0. The van der Waals surface area contributed by atoms with Crippen LogP contribution in [0.15, 0.2) is 57.2 Å². The minimum atomic E-state index is 0.319. The molecular weight excluding hydrogens is 328 g/mol. The summed E-state index contributed by atoms with van der Waals surface area (Å²) in [6, 6.07) is 17.4. The number of fused-ring (bicyclic) bond motifs is 3. The van der Waals surface area contributed by atoms with Crippen molar-refractivity contribution in [1.82, 2.24) is 10.2 Å². The third-order valence-electron chi connectivity index (χ3n) is 3.65. The lowest BCUT2D eigenvalue weighted by atomic mass is 10.1. The number of hydrogen-bond acceptors (Lipinski definition) is 5. The zero-order valence-corrected chi connectivity index (χ0v) is 14.5. The summed E-state index contributed by atoms with van der Waals surface area (Å²) in [5, 5.41) is 8.94. The van der Waals surface area contributed by atoms with E-state index < -0.39 is 0 Å². The Morgan fingerprint density at radius 3 is 2.14 bits per heavy atom. The molecule has 0 N–H and O–H groups in total. The largest absolute Gasteiger partial charge is 0.176 e. The van der Waals surface area contributed by atoms with Crippen molar-refractivity contribution in [2.24, 2.45) is 0 Å². The second-order valence-electron chi connectivity index (χ2n) is 4.94. The predicted molar refractivity (Wildman–Crippen MR) is 95.9 cm³/mol. The highest BCUT2D eigenvalue weighted by Crippen LogP contribution is 2.52. The highest BCUT2D eigenvalue weighted by Gasteiger charge is 2.29. The van der Waals surface area contributed by atoms with Crippen LogP contribution in [0.25, 0.3) is 11.1 Å². The van der Waals surface area contributed by atoms with Crippen LogP contribution in [0.5, 0.6) is 0 Å². The van der Waals surface area contributed by atoms with Gasteiger partial charge in [-0.15, -0.1) is 10.2 Å². The maximum absolute atomic E-state index is 4.35. The molecule has 0 fully saturated rings. The molecule has 0 saturated heterocycles. The first kappa shape index (κ1) is 14.3. The maximum atomic E-state index is 4.35. The average molecular weight is 343 g/mol. The minimum Gasteiger partial charge on any atom is -0.131 e. The smallest absolute Gasteiger partial charge is 0.131 e. The van der Waals surface area contributed by atoms with Gasteiger partial charge in [0.15, 0.2) is 8.68 Å². The lowest BCUT2D eigenvalue weighted by molar-refractivity contribution is 0.952. The highest BCUT2D eigenvalue weighted by atomic mass is 32.2. The summed E-state index contributed by atoms with van der Waals surface area (Å²) in [5.41, 5.74) is 5.47. The van der Waals surface area contributed by atoms with Crippen molar-refractivity contribution in [1.29, 1.82) is 0 Å². The number of aromatic nitrogens is 2. The molecule has 0 spiro atoms. The Hall–Kier alpha value is -1.30. The molecule has 0 bridgehead atoms. The average Bonchev–Trinajstić information content (AvgIpc) is 3.12. The lowest BCUT2D eigenvalue weighted by Gasteiger charge is -2.10. The molecule has 0 amide bonds. The van der Waals surface area contributed by atoms with Crippen molar-refractivity contribution in [3.63, 3.8) is 0 Å². The van der Waals surface area contributed by atoms with E-state index in [4.69, 9.17) is 0 Å². The fourth-order valence-corrected chi connectivity index (χ4v) is 6.08. The Bertz CT molecular complexity index is 767. The zero-order valence-electron chi connectivity index (χ0n) is 12.0. The Labute approximate surface area is 142 Å². The quantitative estimate of drug-likeness (QED) is 0.584. The first-order valence-corrected chi connectivity index (χ1v) is 9.86. The fourth-order valence-electron chi connectivity index (χ4n) is 2.76. The van der Waals surface area contributed by atoms with E-state index in [-0.39, 0.29) is 0 Å². The molecule has 110 valence electrons. The lowest BCUT2D eigenvalue weighted by Crippen LogP contribution is -1.90. The van der Waals surface area contributed by atoms with E-state index in [1.807, 2.05) is 11.8 Å². The predicted octanol–water partition coefficient (Wildman–Crippen LogP) is 5.51. The van der Waals surface area contributed by atoms with Crippen LogP contribution in [-0.4, -0.2) is 16.0 Å². The van der Waals surface area contributed by atoms with Gasteiger partial charge in [-0.3, -0.25) is 0 Å². The molecule has 3 aromatic rings. The molecule has 1 aliphatic rings. The van der Waals surface area contributed by atoms with E-state index in [0.717, 1.165) is 14.4 Å². The summed E-state index contributed by atoms with van der Waals surface area (Å²) in [5.74, 6) is 1.04. The Morgan fingerprint density at radius 1 is 0.909 bits per heavy atom. The summed E-state index contributed by atoms with van der Waals surface area (Å²) < 4.78 is 2.11. The van der Waals surface area contributed by atoms with Gasteiger partial charge >= 0.3 is 0 Å². The van der Waals surface area contributed by atoms with Gasteiger partial charge in [0.1, 0.15) is 0 Å². The van der Waals surface area contributed by atoms with E-state index >= 15 is 0 Å². The molecule has 1 aromatic heterocycles. The van der Waals surface area contributed by atoms with Gasteiger partial charge in [0.2, 0.25) is 0 Å². The van der Waals surface area contributed by atoms with E-state index in [1.165, 1.54) is 22.3 Å². The number of rotatable bonds is 4. The van der Waals surface area contributed by atoms with Gasteiger partial charge in [0, 0.05) is 0 Å². The third-order valence-corrected chi connectivity index (χ3v) is 6.95. The first-order chi connectivity index (χ1) is 10.9. The third kappa shape index (κ3) is 2.47. The van der Waals surface area contributed by atoms with Crippen molar-refractivity contribution >= 4 is 34.9 Å². The second kappa shape index (κ2) is 6.07. The molecule has 0 radical (unpaired) electrons. The molecule has 22 heavy (non-hydrogen) atoms. The van der Waals surface area contributed by atoms with Gasteiger partial charge in [-0.05, 0) is 28.0 Å². The number of hydrogen-bond donors (Lipinski definition) is 0. The summed E-state index contributed by atoms with van der Waals surface area (Å²) in [6.07, 6.45) is 0. The van der Waals surface area contributed by atoms with Crippen molar-refractivity contribution < 1.29 is 0 Å². The van der Waals surface area contributed by atoms with Gasteiger partial charge in [-0.2, -0.15) is 0 Å². The number of nitrogens with zero attached hydrogens (tertiary/aromatic N) is 2. The van der Waals surface area contributed by atoms with Gasteiger partial charge in [0.05, 0.1) is 5.25 Å². The monoisotopic (exact) mass is 342 g/mol. The first-order valence-electron chi connectivity index (χ1n) is 7.18. The maximum Gasteiger partial charge on any atom is 0.176 e. The zero-order chi connectivity index (χ0) is 14.9. The topological polar surface area (TPSA) is 25.8 Å². The van der Waals surface area contributed by atoms with Crippen LogP contribution in [0.3, 0.4) is 0 Å². The summed E-state index contributed by atoms with van der Waals surface area (Å²) in [6.45, 7) is 2.14. The second-order valence-corrected chi connectivity index (χ2v) is 8.78. The molecule has 1 heterocycles. The van der Waals surface area contributed by atoms with Crippen LogP contribution in [0, 0.1) is 0 Å². The van der Waals surface area contributed by atoms with Crippen molar-refractivity contribution in [2.75, 3.05) is 5.75 Å². The molecule has 0 atom stereocenters. The Morgan fingerprint density at radius 2 is 1.50 bits per heavy atom. The molecule has 4 rings (SSSR count). The van der Waals surface area contributed by atoms with Crippen LogP contribution in [-0.2, 0) is 0 Å². The fraction of sp³-hybridized carbons (Fsp3) is 0.176. The van der Waals surface area contributed by atoms with Gasteiger partial charge in [-0.25, -0.2) is 0 Å². The van der Waals surface area contributed by atoms with E-state index in [2.05, 4.69) is 65.7 Å². The van der Waals surface area contributed by atoms with E-state index in [0.29, 0.717) is 5.25 Å². The molecule has 0 saturated carbocycles. The molecule has 2 aromatic carbocycles. The summed E-state index contributed by atoms with van der Waals surface area (Å²) in [7, 11) is 0. The molecular formula is C17H14N2S3. The SMILES string of the molecule is CCSc1nnc(SC2c3ccccc3-c3ccccc32)s1. The molecule has 2 nitrogen and oxygen atoms in total. The van der Waals surface area contributed by atoms with Crippen LogP contribution >= 0.6 is 34.9 Å². The van der Waals surface area contributed by atoms with Gasteiger partial charge < -0.3 is 0 Å². The van der Waals surface area contributed by atoms with Crippen molar-refractivity contribution in [3.05, 3.63) is 59.7 Å². The Kier molecular flexibility index (Phi) is 3.94. The van der Waals surface area contributed by atoms with Gasteiger partial charge in [0.25, 0.3) is 0 Å². The van der Waals surface area contributed by atoms with Crippen molar-refractivity contribution in [3.8, 4) is 11.1 Å². The summed E-state index contributed by atoms with van der Waals surface area (Å²) >= 11 is 5.27. The highest BCUT2D eigenvalue weighted by molar-refractivity contribution is 8.03. The van der Waals surface area contributed by atoms with Crippen molar-refractivity contribution in [2.45, 2.75) is 20.9 Å². The van der Waals surface area contributed by atoms with E-state index in [9.17, 15) is 0 Å².